The maximum atomic E-state index is 14.3. The third kappa shape index (κ3) is 27.1. The Morgan fingerprint density at radius 3 is 1.48 bits per heavy atom. The molecule has 0 radical (unpaired) electrons. The molecule has 48 nitrogen and oxygen atoms in total. The lowest BCUT2D eigenvalue weighted by Gasteiger charge is -2.47. The van der Waals surface area contributed by atoms with E-state index in [9.17, 15) is 110 Å². The number of amides is 7. The molecule has 0 aromatic carbocycles. The molecule has 6 heterocycles. The second-order valence-corrected chi connectivity index (χ2v) is 28.5. The summed E-state index contributed by atoms with van der Waals surface area (Å²) in [5.41, 5.74) is 17.2. The molecule has 25 N–H and O–H groups in total. The van der Waals surface area contributed by atoms with Crippen LogP contribution in [0.2, 0.25) is 0 Å². The van der Waals surface area contributed by atoms with Gasteiger partial charge >= 0.3 is 5.97 Å². The highest BCUT2D eigenvalue weighted by atomic mass is 32.2. The molecule has 0 aromatic heterocycles. The summed E-state index contributed by atoms with van der Waals surface area (Å²) < 4.78 is 53.0. The number of hydrazine groups is 4. The van der Waals surface area contributed by atoms with Crippen LogP contribution in [-0.2, 0) is 110 Å². The first-order chi connectivity index (χ1) is 53.2. The monoisotopic (exact) mass is 1660 g/mol. The largest absolute Gasteiger partial charge is 0.479 e. The number of carbonyl (C=O) groups excluding carboxylic acids is 7. The molecule has 0 spiro atoms. The minimum atomic E-state index is -2.39. The fourth-order valence-electron chi connectivity index (χ4n) is 12.2. The second kappa shape index (κ2) is 45.4. The summed E-state index contributed by atoms with van der Waals surface area (Å²) in [6, 6.07) is -3.98. The van der Waals surface area contributed by atoms with Crippen molar-refractivity contribution < 1.29 is 182 Å². The molecule has 112 heavy (non-hydrogen) atoms. The SMILES string of the molecule is CCC(O)NNC(=O)CC(=O)NNC(=O)C1OC(OO[C@H]2C[C@H](NC(C)=O)[C@H](O[C@H]3C(C(=O)NNC(=O)CC(O)NNC(O)CCSC4=CCC(S)C=C4)OC(C)C(O)C3O)O[C@H]2CO)C(O)[C@@H](O)[C@H]1O[C@@H]1OC(CO)[C@@H](OOC2OC(C(=O)O)[C@H](OC3O[C@@H](CO)[C@@H](OOC)CC3NC(C)=O)C(O)C2O)C[C@@H]1NC(C)O. The number of hydrogen-bond acceptors (Lipinski definition) is 42. The number of nitrogens with one attached hydrogen (secondary N) is 11. The standard InChI is InChI=1S/C62H103N11O37S2/c1-7-37(80)66-68-39(82)17-41(84)71-73-56(93)53-50(102-59-30(65-25(5)79)16-33(36(21-76)100-59)108-110-62-48(91)46(89)51(54(105-62)57(94)95)103-60-28(63-23(3)77)14-31(106-96-6)34(19-74)98-60)45(88)47(90)61(104-53)109-107-32-15-29(64-24(4)78)58(99-35(32)20-75)101-49-44(87)43(86)22(2)97-52(49)55(92)72-70-42(85)18-40(83)69-67-38(81)12-13-112-27-10-8-26(111)9-11-27/h8,10-11,22,25-26,28-38,40,43-54,58-62,65-67,69,74-76,79-81,83,86-91,111H,7,9,12-21H2,1-6H3,(H,63,77)(H,64,78)(H,68,82)(H,70,85)(H,71,84)(H,72,92)(H,73,93)(H,94,95)/t22?,25?,26?,28?,29-,30-,31-,32-,33-,34-,35-,36?,37?,38?,40?,43?,44?,45+,46?,47?,48?,49+,50+,51+,52?,53?,54?,58-,59-,60?,61?,62?/m0/s1. The minimum absolute atomic E-state index is 0.122. The number of allylic oxidation sites excluding steroid dienone is 2. The van der Waals surface area contributed by atoms with E-state index < -0.39 is 283 Å². The van der Waals surface area contributed by atoms with Crippen LogP contribution in [-0.4, -0.2) is 347 Å². The topological polar surface area (TPSA) is 691 Å². The average molecular weight is 1660 g/mol. The predicted molar refractivity (Wildman–Crippen MR) is 368 cm³/mol. The Balaban J connectivity index is 1.02. The zero-order valence-electron chi connectivity index (χ0n) is 61.2. The molecule has 640 valence electrons. The number of aliphatic hydroxyl groups excluding tert-OH is 13. The summed E-state index contributed by atoms with van der Waals surface area (Å²) in [5.74, 6) is -8.49. The van der Waals surface area contributed by atoms with Crippen molar-refractivity contribution in [3.8, 4) is 0 Å². The number of aliphatic hydroxyl groups is 13. The summed E-state index contributed by atoms with van der Waals surface area (Å²) in [4.78, 5) is 137. The Morgan fingerprint density at radius 1 is 0.554 bits per heavy atom. The van der Waals surface area contributed by atoms with E-state index in [1.807, 2.05) is 29.1 Å². The van der Waals surface area contributed by atoms with Gasteiger partial charge in [-0.2, -0.15) is 12.6 Å². The molecule has 7 rings (SSSR count). The highest BCUT2D eigenvalue weighted by Gasteiger charge is 2.57. The van der Waals surface area contributed by atoms with Crippen LogP contribution in [0.15, 0.2) is 23.1 Å². The van der Waals surface area contributed by atoms with Gasteiger partial charge in [0.05, 0.1) is 57.6 Å². The number of carbonyl (C=O) groups is 8. The number of carboxylic acids is 1. The second-order valence-electron chi connectivity index (χ2n) is 26.7. The quantitative estimate of drug-likeness (QED) is 0.00897. The summed E-state index contributed by atoms with van der Waals surface area (Å²) in [5, 5.41) is 160. The van der Waals surface area contributed by atoms with Gasteiger partial charge in [0.25, 0.3) is 11.8 Å². The molecule has 0 aromatic rings. The summed E-state index contributed by atoms with van der Waals surface area (Å²) in [6.45, 7) is 3.57. The van der Waals surface area contributed by atoms with Gasteiger partial charge in [0.15, 0.2) is 37.2 Å². The highest BCUT2D eigenvalue weighted by molar-refractivity contribution is 8.03. The molecule has 32 atom stereocenters. The zero-order valence-corrected chi connectivity index (χ0v) is 62.9. The molecule has 7 amide bonds. The Kier molecular flexibility index (Phi) is 38.0. The van der Waals surface area contributed by atoms with Crippen molar-refractivity contribution in [3.05, 3.63) is 23.1 Å². The van der Waals surface area contributed by atoms with Gasteiger partial charge in [-0.25, -0.2) is 50.4 Å². The molecule has 19 unspecified atom stereocenters. The van der Waals surface area contributed by atoms with Crippen molar-refractivity contribution in [3.63, 3.8) is 0 Å². The van der Waals surface area contributed by atoms with E-state index in [-0.39, 0.29) is 24.5 Å². The van der Waals surface area contributed by atoms with E-state index in [0.717, 1.165) is 25.2 Å². The summed E-state index contributed by atoms with van der Waals surface area (Å²) >= 11 is 5.88. The van der Waals surface area contributed by atoms with Gasteiger partial charge in [0.2, 0.25) is 42.1 Å². The van der Waals surface area contributed by atoms with E-state index in [1.165, 1.54) is 32.7 Å². The lowest BCUT2D eigenvalue weighted by atomic mass is 9.94. The van der Waals surface area contributed by atoms with Gasteiger partial charge in [-0.15, -0.1) is 11.8 Å². The molecule has 0 bridgehead atoms. The molecule has 7 aliphatic rings. The maximum Gasteiger partial charge on any atom is 0.335 e. The zero-order chi connectivity index (χ0) is 82.4. The van der Waals surface area contributed by atoms with Crippen molar-refractivity contribution >= 4 is 71.7 Å². The van der Waals surface area contributed by atoms with Gasteiger partial charge in [0.1, 0.15) is 123 Å². The number of carboxylic acid groups (broad SMARTS) is 1. The number of thiol groups is 1. The van der Waals surface area contributed by atoms with Gasteiger partial charge in [0, 0.05) is 42.6 Å². The van der Waals surface area contributed by atoms with Crippen LogP contribution in [0.1, 0.15) is 86.0 Å². The molecule has 6 fully saturated rings. The first kappa shape index (κ1) is 93.8. The molecule has 0 saturated carbocycles. The van der Waals surface area contributed by atoms with Crippen LogP contribution >= 0.6 is 24.4 Å². The molecule has 1 aliphatic carbocycles. The van der Waals surface area contributed by atoms with Crippen molar-refractivity contribution in [1.82, 2.24) is 59.4 Å². The van der Waals surface area contributed by atoms with Crippen molar-refractivity contribution in [1.29, 1.82) is 0 Å². The number of rotatable bonds is 38. The van der Waals surface area contributed by atoms with Crippen molar-refractivity contribution in [2.45, 2.75) is 282 Å². The van der Waals surface area contributed by atoms with Crippen LogP contribution in [0.4, 0.5) is 0 Å². The number of ether oxygens (including phenoxy) is 9. The Bertz CT molecular complexity index is 3100. The fourth-order valence-corrected chi connectivity index (χ4v) is 13.4. The fraction of sp³-hybridized carbons (Fsp3) is 0.806. The van der Waals surface area contributed by atoms with Gasteiger partial charge in [-0.05, 0) is 39.5 Å². The Hall–Kier alpha value is -5.34. The number of hydrogen-bond donors (Lipinski definition) is 26. The highest BCUT2D eigenvalue weighted by Crippen LogP contribution is 2.37. The van der Waals surface area contributed by atoms with Gasteiger partial charge in [-0.3, -0.25) is 66.0 Å². The third-order valence-electron chi connectivity index (χ3n) is 17.9. The van der Waals surface area contributed by atoms with E-state index >= 15 is 0 Å². The van der Waals surface area contributed by atoms with E-state index in [2.05, 4.69) is 61.1 Å². The van der Waals surface area contributed by atoms with Gasteiger partial charge < -0.3 is 125 Å². The number of aliphatic carboxylic acids is 1. The Labute approximate surface area is 648 Å². The van der Waals surface area contributed by atoms with Crippen LogP contribution in [0.5, 0.6) is 0 Å². The molecule has 6 saturated heterocycles. The van der Waals surface area contributed by atoms with Gasteiger partial charge in [-0.1, -0.05) is 25.2 Å². The maximum absolute atomic E-state index is 14.3. The Morgan fingerprint density at radius 2 is 1.01 bits per heavy atom. The van der Waals surface area contributed by atoms with Crippen LogP contribution in [0.3, 0.4) is 0 Å². The van der Waals surface area contributed by atoms with Crippen LogP contribution in [0.25, 0.3) is 0 Å². The van der Waals surface area contributed by atoms with E-state index in [0.29, 0.717) is 5.75 Å². The smallest absolute Gasteiger partial charge is 0.335 e. The third-order valence-corrected chi connectivity index (χ3v) is 19.4. The summed E-state index contributed by atoms with van der Waals surface area (Å²) in [6.07, 6.45) is -46.4. The normalized spacial score (nSPS) is 36.7. The molecular formula is C62H103N11O37S2. The molecular weight excluding hydrogens is 1550 g/mol. The van der Waals surface area contributed by atoms with Crippen molar-refractivity contribution in [2.75, 3.05) is 32.7 Å². The van der Waals surface area contributed by atoms with Crippen molar-refractivity contribution in [2.24, 2.45) is 0 Å². The lowest BCUT2D eigenvalue weighted by Crippen LogP contribution is -2.67. The molecule has 50 heteroatoms. The lowest BCUT2D eigenvalue weighted by molar-refractivity contribution is -0.461. The van der Waals surface area contributed by atoms with Crippen LogP contribution in [0, 0.1) is 0 Å². The summed E-state index contributed by atoms with van der Waals surface area (Å²) in [7, 11) is 1.17. The van der Waals surface area contributed by atoms with E-state index in [1.54, 1.807) is 6.92 Å². The van der Waals surface area contributed by atoms with Crippen LogP contribution < -0.4 is 59.4 Å². The predicted octanol–water partition coefficient (Wildman–Crippen LogP) is -11.7. The number of thioether (sulfide) groups is 1. The first-order valence-corrected chi connectivity index (χ1v) is 37.0. The molecule has 6 aliphatic heterocycles. The first-order valence-electron chi connectivity index (χ1n) is 35.5. The van der Waals surface area contributed by atoms with E-state index in [4.69, 9.17) is 72.0 Å². The minimum Gasteiger partial charge on any atom is -0.479 e. The average Bonchev–Trinajstić information content (AvgIpc) is 0.788.